The minimum atomic E-state index is -0.779. The van der Waals surface area contributed by atoms with E-state index in [9.17, 15) is 19.2 Å². The summed E-state index contributed by atoms with van der Waals surface area (Å²) in [6.07, 6.45) is 0.387. The third kappa shape index (κ3) is 7.88. The number of hydrogen-bond donors (Lipinski definition) is 3. The van der Waals surface area contributed by atoms with Gasteiger partial charge in [-0.25, -0.2) is 4.39 Å². The summed E-state index contributed by atoms with van der Waals surface area (Å²) in [5, 5.41) is 18.0. The number of carbonyl (C=O) groups excluding carboxylic acids is 4. The van der Waals surface area contributed by atoms with Gasteiger partial charge in [0, 0.05) is 74.3 Å². The molecule has 9 rings (SSSR count). The van der Waals surface area contributed by atoms with Crippen molar-refractivity contribution >= 4 is 40.2 Å². The lowest BCUT2D eigenvalue weighted by Gasteiger charge is -2.36. The average molecular weight is 824 g/mol. The van der Waals surface area contributed by atoms with Crippen LogP contribution in [0.15, 0.2) is 77.3 Å². The number of H-pyrrole nitrogens is 1. The number of carbonyl (C=O) groups is 4. The van der Waals surface area contributed by atoms with Crippen LogP contribution in [0, 0.1) is 12.7 Å². The van der Waals surface area contributed by atoms with E-state index in [2.05, 4.69) is 83.2 Å². The molecule has 312 valence electrons. The molecule has 61 heavy (non-hydrogen) atoms. The van der Waals surface area contributed by atoms with E-state index < -0.39 is 29.6 Å². The van der Waals surface area contributed by atoms with Gasteiger partial charge in [0.2, 0.25) is 11.8 Å². The summed E-state index contributed by atoms with van der Waals surface area (Å²) in [7, 11) is 0. The van der Waals surface area contributed by atoms with Gasteiger partial charge in [0.1, 0.15) is 11.9 Å². The van der Waals surface area contributed by atoms with Gasteiger partial charge in [0.15, 0.2) is 5.82 Å². The number of fused-ring (bicyclic) bond motifs is 2. The Morgan fingerprint density at radius 2 is 1.69 bits per heavy atom. The summed E-state index contributed by atoms with van der Waals surface area (Å²) in [6, 6.07) is 23.5. The Kier molecular flexibility index (Phi) is 10.2. The molecule has 1 unspecified atom stereocenters. The maximum absolute atomic E-state index is 15.3. The van der Waals surface area contributed by atoms with Crippen molar-refractivity contribution in [2.45, 2.75) is 71.6 Å². The number of aromatic nitrogens is 4. The fourth-order valence-electron chi connectivity index (χ4n) is 8.43. The highest BCUT2D eigenvalue weighted by atomic mass is 19.1. The summed E-state index contributed by atoms with van der Waals surface area (Å²) < 4.78 is 20.5. The predicted molar refractivity (Wildman–Crippen MR) is 226 cm³/mol. The summed E-state index contributed by atoms with van der Waals surface area (Å²) in [6.45, 7) is 12.1. The zero-order chi connectivity index (χ0) is 42.6. The van der Waals surface area contributed by atoms with Crippen LogP contribution in [0.3, 0.4) is 0 Å². The van der Waals surface area contributed by atoms with Gasteiger partial charge in [0.25, 0.3) is 5.91 Å². The predicted octanol–water partition coefficient (Wildman–Crippen LogP) is 6.04. The van der Waals surface area contributed by atoms with E-state index in [1.165, 1.54) is 11.0 Å². The largest absolute Gasteiger partial charge is 0.369 e. The summed E-state index contributed by atoms with van der Waals surface area (Å²) in [4.78, 5) is 60.2. The minimum Gasteiger partial charge on any atom is -0.369 e. The SMILES string of the molecule is Cc1cc(-c2n[nH]c3ccc(-c4ccc(N5CCN(Cc6cc(F)c7c(c6)CN(C6CCC(=O)NC6=O)C7=O)CC5)cc4)cc23)ccc1CNC(=O)c1nc(C(C)(C)C)no1. The average Bonchev–Trinajstić information content (AvgIpc) is 3.99. The number of piperazine rings is 1. The van der Waals surface area contributed by atoms with Crippen LogP contribution in [-0.2, 0) is 34.6 Å². The molecule has 2 aromatic heterocycles. The van der Waals surface area contributed by atoms with Crippen molar-refractivity contribution in [3.63, 3.8) is 0 Å². The number of aryl methyl sites for hydroxylation is 1. The molecule has 15 heteroatoms. The van der Waals surface area contributed by atoms with Crippen molar-refractivity contribution < 1.29 is 28.1 Å². The van der Waals surface area contributed by atoms with Gasteiger partial charge in [-0.2, -0.15) is 10.1 Å². The smallest absolute Gasteiger partial charge is 0.315 e. The minimum absolute atomic E-state index is 0.0191. The van der Waals surface area contributed by atoms with Crippen LogP contribution < -0.4 is 15.5 Å². The highest BCUT2D eigenvalue weighted by Crippen LogP contribution is 2.34. The molecule has 4 aromatic carbocycles. The summed E-state index contributed by atoms with van der Waals surface area (Å²) in [5.41, 5.74) is 9.06. The normalized spacial score (nSPS) is 17.3. The van der Waals surface area contributed by atoms with Gasteiger partial charge in [-0.15, -0.1) is 0 Å². The Morgan fingerprint density at radius 3 is 2.41 bits per heavy atom. The molecule has 2 saturated heterocycles. The molecule has 14 nitrogen and oxygen atoms in total. The molecular weight excluding hydrogens is 778 g/mol. The Morgan fingerprint density at radius 1 is 0.934 bits per heavy atom. The highest BCUT2D eigenvalue weighted by molar-refractivity contribution is 6.05. The van der Waals surface area contributed by atoms with Crippen LogP contribution in [0.25, 0.3) is 33.3 Å². The highest BCUT2D eigenvalue weighted by Gasteiger charge is 2.40. The number of rotatable bonds is 9. The van der Waals surface area contributed by atoms with Gasteiger partial charge < -0.3 is 19.6 Å². The number of aromatic amines is 1. The van der Waals surface area contributed by atoms with Crippen molar-refractivity contribution in [1.82, 2.24) is 40.8 Å². The number of nitrogens with zero attached hydrogens (tertiary/aromatic N) is 6. The number of anilines is 1. The van der Waals surface area contributed by atoms with E-state index in [4.69, 9.17) is 4.52 Å². The van der Waals surface area contributed by atoms with E-state index in [-0.39, 0.29) is 42.2 Å². The summed E-state index contributed by atoms with van der Waals surface area (Å²) >= 11 is 0. The second-order valence-corrected chi connectivity index (χ2v) is 17.2. The molecule has 0 radical (unpaired) electrons. The molecule has 0 bridgehead atoms. The third-order valence-electron chi connectivity index (χ3n) is 11.9. The van der Waals surface area contributed by atoms with Crippen molar-refractivity contribution in [3.8, 4) is 22.4 Å². The third-order valence-corrected chi connectivity index (χ3v) is 11.9. The van der Waals surface area contributed by atoms with Gasteiger partial charge >= 0.3 is 11.8 Å². The standard InChI is InChI=1S/C46H46FN9O5/c1-26-19-30(5-6-31(26)23-48-42(59)43-50-45(53-61-43)46(2,3)4)40-34-22-29(9-12-36(34)51-52-40)28-7-10-33(11-8-28)55-17-15-54(16-18-55)24-27-20-32-25-56(44(60)39(32)35(47)21-27)37-13-14-38(57)49-41(37)58/h5-12,19-22,37H,13-18,23-25H2,1-4H3,(H,48,59)(H,51,52)(H,49,57,58). The van der Waals surface area contributed by atoms with Gasteiger partial charge in [-0.1, -0.05) is 62.3 Å². The number of piperidine rings is 1. The van der Waals surface area contributed by atoms with Gasteiger partial charge in [0.05, 0.1) is 16.8 Å². The zero-order valence-electron chi connectivity index (χ0n) is 34.5. The lowest BCUT2D eigenvalue weighted by atomic mass is 9.96. The molecule has 3 N–H and O–H groups in total. The molecular formula is C46H46FN9O5. The molecule has 5 heterocycles. The van der Waals surface area contributed by atoms with E-state index >= 15 is 4.39 Å². The lowest BCUT2D eigenvalue weighted by molar-refractivity contribution is -0.136. The molecule has 0 spiro atoms. The molecule has 0 aliphatic carbocycles. The molecule has 3 aliphatic heterocycles. The van der Waals surface area contributed by atoms with Crippen LogP contribution in [-0.4, -0.2) is 86.0 Å². The quantitative estimate of drug-likeness (QED) is 0.146. The Hall–Kier alpha value is -6.74. The lowest BCUT2D eigenvalue weighted by Crippen LogP contribution is -2.52. The van der Waals surface area contributed by atoms with E-state index in [0.717, 1.165) is 81.8 Å². The molecule has 0 saturated carbocycles. The van der Waals surface area contributed by atoms with E-state index in [1.807, 2.05) is 52.0 Å². The molecule has 6 aromatic rings. The maximum Gasteiger partial charge on any atom is 0.315 e. The molecule has 4 amide bonds. The molecule has 1 atom stereocenters. The Labute approximate surface area is 351 Å². The van der Waals surface area contributed by atoms with Crippen molar-refractivity contribution in [2.24, 2.45) is 0 Å². The van der Waals surface area contributed by atoms with Crippen LogP contribution in [0.2, 0.25) is 0 Å². The first-order chi connectivity index (χ1) is 29.3. The number of imide groups is 1. The second-order valence-electron chi connectivity index (χ2n) is 17.2. The fraction of sp³-hybridized carbons (Fsp3) is 0.326. The Balaban J connectivity index is 0.814. The van der Waals surface area contributed by atoms with Crippen molar-refractivity contribution in [1.29, 1.82) is 0 Å². The van der Waals surface area contributed by atoms with Crippen LogP contribution in [0.1, 0.15) is 82.7 Å². The van der Waals surface area contributed by atoms with E-state index in [1.54, 1.807) is 0 Å². The van der Waals surface area contributed by atoms with E-state index in [0.29, 0.717) is 24.5 Å². The number of nitrogens with one attached hydrogen (secondary N) is 3. The van der Waals surface area contributed by atoms with Crippen LogP contribution in [0.4, 0.5) is 10.1 Å². The van der Waals surface area contributed by atoms with Crippen molar-refractivity contribution in [2.75, 3.05) is 31.1 Å². The Bertz CT molecular complexity index is 2710. The number of halogens is 1. The van der Waals surface area contributed by atoms with Crippen LogP contribution >= 0.6 is 0 Å². The first-order valence-electron chi connectivity index (χ1n) is 20.5. The number of amides is 4. The van der Waals surface area contributed by atoms with Crippen LogP contribution in [0.5, 0.6) is 0 Å². The van der Waals surface area contributed by atoms with Gasteiger partial charge in [-0.3, -0.25) is 34.5 Å². The second kappa shape index (κ2) is 15.7. The van der Waals surface area contributed by atoms with Crippen molar-refractivity contribution in [3.05, 3.63) is 118 Å². The zero-order valence-corrected chi connectivity index (χ0v) is 34.5. The molecule has 3 aliphatic rings. The fourth-order valence-corrected chi connectivity index (χ4v) is 8.43. The molecule has 2 fully saturated rings. The van der Waals surface area contributed by atoms with Gasteiger partial charge in [-0.05, 0) is 83.1 Å². The maximum atomic E-state index is 15.3. The number of benzene rings is 4. The number of hydrogen-bond acceptors (Lipinski definition) is 10. The summed E-state index contributed by atoms with van der Waals surface area (Å²) in [5.74, 6) is -1.94. The monoisotopic (exact) mass is 823 g/mol. The first-order valence-corrected chi connectivity index (χ1v) is 20.5. The topological polar surface area (TPSA) is 170 Å². The first kappa shape index (κ1) is 39.7.